The van der Waals surface area contributed by atoms with Gasteiger partial charge in [0.05, 0.1) is 42.9 Å². The molecule has 30 heavy (non-hydrogen) atoms. The second-order valence-corrected chi connectivity index (χ2v) is 7.65. The van der Waals surface area contributed by atoms with Crippen molar-refractivity contribution in [2.75, 3.05) is 13.2 Å². The zero-order chi connectivity index (χ0) is 20.8. The number of aryl methyl sites for hydroxylation is 2. The maximum absolute atomic E-state index is 13.4. The molecule has 0 spiro atoms. The fourth-order valence-corrected chi connectivity index (χ4v) is 3.79. The lowest BCUT2D eigenvalue weighted by atomic mass is 10.1. The third kappa shape index (κ3) is 3.10. The number of hydrogen-bond acceptors (Lipinski definition) is 6. The van der Waals surface area contributed by atoms with Crippen LogP contribution in [0.2, 0.25) is 0 Å². The highest BCUT2D eigenvalue weighted by molar-refractivity contribution is 5.93. The van der Waals surface area contributed by atoms with Crippen LogP contribution in [0.4, 0.5) is 0 Å². The molecule has 1 aromatic carbocycles. The molecule has 1 saturated heterocycles. The smallest absolute Gasteiger partial charge is 0.261 e. The summed E-state index contributed by atoms with van der Waals surface area (Å²) in [5.41, 5.74) is 4.40. The van der Waals surface area contributed by atoms with Gasteiger partial charge in [-0.25, -0.2) is 9.97 Å². The largest absolute Gasteiger partial charge is 0.388 e. The molecule has 8 nitrogen and oxygen atoms in total. The highest BCUT2D eigenvalue weighted by Gasteiger charge is 2.29. The Morgan fingerprint density at radius 1 is 1.17 bits per heavy atom. The van der Waals surface area contributed by atoms with Crippen molar-refractivity contribution in [3.63, 3.8) is 0 Å². The van der Waals surface area contributed by atoms with E-state index in [2.05, 4.69) is 10.1 Å². The number of rotatable bonds is 3. The van der Waals surface area contributed by atoms with Crippen molar-refractivity contribution in [1.82, 2.24) is 24.3 Å². The van der Waals surface area contributed by atoms with Gasteiger partial charge in [-0.1, -0.05) is 29.8 Å². The van der Waals surface area contributed by atoms with Crippen molar-refractivity contribution in [2.24, 2.45) is 7.05 Å². The summed E-state index contributed by atoms with van der Waals surface area (Å²) >= 11 is 0. The Morgan fingerprint density at radius 2 is 1.97 bits per heavy atom. The van der Waals surface area contributed by atoms with Crippen LogP contribution in [-0.2, 0) is 11.8 Å². The van der Waals surface area contributed by atoms with Gasteiger partial charge < -0.3 is 9.84 Å². The second-order valence-electron chi connectivity index (χ2n) is 7.65. The summed E-state index contributed by atoms with van der Waals surface area (Å²) in [7, 11) is 1.83. The molecule has 4 heterocycles. The van der Waals surface area contributed by atoms with Gasteiger partial charge in [-0.2, -0.15) is 5.10 Å². The minimum Gasteiger partial charge on any atom is -0.388 e. The van der Waals surface area contributed by atoms with Gasteiger partial charge in [0.25, 0.3) is 5.56 Å². The van der Waals surface area contributed by atoms with E-state index in [0.717, 1.165) is 16.7 Å². The molecule has 0 aliphatic carbocycles. The van der Waals surface area contributed by atoms with Crippen LogP contribution >= 0.6 is 0 Å². The van der Waals surface area contributed by atoms with Crippen LogP contribution < -0.4 is 5.56 Å². The number of fused-ring (bicyclic) bond motifs is 1. The molecule has 0 bridgehead atoms. The molecular formula is C22H21N5O3. The normalized spacial score (nSPS) is 18.9. The van der Waals surface area contributed by atoms with Gasteiger partial charge in [-0.3, -0.25) is 14.0 Å². The predicted molar refractivity (Wildman–Crippen MR) is 112 cm³/mol. The van der Waals surface area contributed by atoms with Crippen molar-refractivity contribution < 1.29 is 9.84 Å². The molecule has 1 aliphatic rings. The standard InChI is InChI=1S/C22H21N5O3/c1-13-3-5-14(6-4-13)17-7-16-21(20(25-17)15-8-24-26(2)9-15)23-12-27(22(16)29)18-10-30-11-19(18)28/h3-9,12,18-19,28H,10-11H2,1-2H3. The van der Waals surface area contributed by atoms with Crippen LogP contribution in [0, 0.1) is 6.92 Å². The molecule has 2 unspecified atom stereocenters. The number of hydrogen-bond donors (Lipinski definition) is 1. The van der Waals surface area contributed by atoms with Crippen molar-refractivity contribution in [2.45, 2.75) is 19.1 Å². The first-order chi connectivity index (χ1) is 14.5. The highest BCUT2D eigenvalue weighted by Crippen LogP contribution is 2.29. The van der Waals surface area contributed by atoms with Crippen molar-refractivity contribution in [3.05, 3.63) is 65.0 Å². The van der Waals surface area contributed by atoms with Gasteiger partial charge in [0, 0.05) is 24.4 Å². The molecule has 0 amide bonds. The lowest BCUT2D eigenvalue weighted by Crippen LogP contribution is -2.32. The lowest BCUT2D eigenvalue weighted by molar-refractivity contribution is 0.119. The molecule has 0 saturated carbocycles. The summed E-state index contributed by atoms with van der Waals surface area (Å²) < 4.78 is 8.48. The minimum atomic E-state index is -0.738. The molecule has 0 radical (unpaired) electrons. The van der Waals surface area contributed by atoms with Crippen molar-refractivity contribution in [3.8, 4) is 22.5 Å². The van der Waals surface area contributed by atoms with Crippen LogP contribution in [0.15, 0.2) is 53.8 Å². The average molecular weight is 403 g/mol. The zero-order valence-electron chi connectivity index (χ0n) is 16.7. The van der Waals surface area contributed by atoms with E-state index in [-0.39, 0.29) is 18.8 Å². The van der Waals surface area contributed by atoms with Crippen LogP contribution in [0.25, 0.3) is 33.4 Å². The predicted octanol–water partition coefficient (Wildman–Crippen LogP) is 2.10. The first-order valence-electron chi connectivity index (χ1n) is 9.75. The topological polar surface area (TPSA) is 95.1 Å². The quantitative estimate of drug-likeness (QED) is 0.563. The Kier molecular flexibility index (Phi) is 4.45. The minimum absolute atomic E-state index is 0.209. The van der Waals surface area contributed by atoms with Crippen LogP contribution in [-0.4, -0.2) is 48.7 Å². The van der Waals surface area contributed by atoms with E-state index in [0.29, 0.717) is 22.3 Å². The number of ether oxygens (including phenoxy) is 1. The van der Waals surface area contributed by atoms with E-state index in [1.165, 1.54) is 10.9 Å². The fourth-order valence-electron chi connectivity index (χ4n) is 3.79. The Labute approximate surface area is 172 Å². The van der Waals surface area contributed by atoms with Gasteiger partial charge in [-0.05, 0) is 13.0 Å². The number of aliphatic hydroxyl groups excluding tert-OH is 1. The summed E-state index contributed by atoms with van der Waals surface area (Å²) in [6.45, 7) is 2.51. The van der Waals surface area contributed by atoms with Crippen LogP contribution in [0.5, 0.6) is 0 Å². The maximum Gasteiger partial charge on any atom is 0.261 e. The fraction of sp³-hybridized carbons (Fsp3) is 0.273. The van der Waals surface area contributed by atoms with Gasteiger partial charge in [-0.15, -0.1) is 0 Å². The summed E-state index contributed by atoms with van der Waals surface area (Å²) in [5, 5.41) is 14.9. The molecule has 1 N–H and O–H groups in total. The Morgan fingerprint density at radius 3 is 2.63 bits per heavy atom. The van der Waals surface area contributed by atoms with Gasteiger partial charge in [0.2, 0.25) is 0 Å². The Balaban J connectivity index is 1.78. The SMILES string of the molecule is Cc1ccc(-c2cc3c(=O)n(C4COCC4O)cnc3c(-c3cnn(C)c3)n2)cc1. The Bertz CT molecular complexity index is 1290. The molecular weight excluding hydrogens is 382 g/mol. The lowest BCUT2D eigenvalue weighted by Gasteiger charge is -2.17. The average Bonchev–Trinajstić information content (AvgIpc) is 3.36. The molecule has 8 heteroatoms. The van der Waals surface area contributed by atoms with E-state index in [9.17, 15) is 9.90 Å². The van der Waals surface area contributed by atoms with E-state index < -0.39 is 12.1 Å². The summed E-state index contributed by atoms with van der Waals surface area (Å²) in [6.07, 6.45) is 4.30. The van der Waals surface area contributed by atoms with Gasteiger partial charge in [0.15, 0.2) is 0 Å². The molecule has 1 fully saturated rings. The molecule has 2 atom stereocenters. The van der Waals surface area contributed by atoms with Crippen LogP contribution in [0.3, 0.4) is 0 Å². The van der Waals surface area contributed by atoms with E-state index in [4.69, 9.17) is 9.72 Å². The number of benzene rings is 1. The van der Waals surface area contributed by atoms with E-state index >= 15 is 0 Å². The van der Waals surface area contributed by atoms with Crippen molar-refractivity contribution in [1.29, 1.82) is 0 Å². The maximum atomic E-state index is 13.4. The number of nitrogens with zero attached hydrogens (tertiary/aromatic N) is 5. The first-order valence-corrected chi connectivity index (χ1v) is 9.75. The zero-order valence-corrected chi connectivity index (χ0v) is 16.7. The monoisotopic (exact) mass is 403 g/mol. The van der Waals surface area contributed by atoms with Crippen molar-refractivity contribution >= 4 is 10.9 Å². The van der Waals surface area contributed by atoms with Gasteiger partial charge in [0.1, 0.15) is 17.3 Å². The first kappa shape index (κ1) is 18.7. The third-order valence-electron chi connectivity index (χ3n) is 5.47. The number of pyridine rings is 1. The summed E-state index contributed by atoms with van der Waals surface area (Å²) in [6, 6.07) is 9.32. The van der Waals surface area contributed by atoms with E-state index in [1.54, 1.807) is 16.9 Å². The molecule has 1 aliphatic heterocycles. The Hall–Kier alpha value is -3.36. The summed E-state index contributed by atoms with van der Waals surface area (Å²) in [5.74, 6) is 0. The number of aromatic nitrogens is 5. The van der Waals surface area contributed by atoms with Crippen LogP contribution in [0.1, 0.15) is 11.6 Å². The second kappa shape index (κ2) is 7.16. The van der Waals surface area contributed by atoms with Gasteiger partial charge >= 0.3 is 0 Å². The summed E-state index contributed by atoms with van der Waals surface area (Å²) in [4.78, 5) is 22.8. The third-order valence-corrected chi connectivity index (χ3v) is 5.47. The molecule has 4 aromatic rings. The van der Waals surface area contributed by atoms with E-state index in [1.807, 2.05) is 44.4 Å². The molecule has 152 valence electrons. The molecule has 5 rings (SSSR count). The number of aliphatic hydroxyl groups is 1. The highest BCUT2D eigenvalue weighted by atomic mass is 16.5. The molecule has 3 aromatic heterocycles.